The third-order valence-corrected chi connectivity index (χ3v) is 4.35. The summed E-state index contributed by atoms with van der Waals surface area (Å²) in [4.78, 5) is 24.6. The Labute approximate surface area is 156 Å². The number of hydrazine groups is 1. The minimum Gasteiger partial charge on any atom is -0.493 e. The van der Waals surface area contributed by atoms with E-state index >= 15 is 0 Å². The van der Waals surface area contributed by atoms with Gasteiger partial charge in [0.2, 0.25) is 0 Å². The summed E-state index contributed by atoms with van der Waals surface area (Å²) in [5, 5.41) is 3.76. The van der Waals surface area contributed by atoms with Crippen LogP contribution in [0.25, 0.3) is 0 Å². The van der Waals surface area contributed by atoms with Gasteiger partial charge in [-0.05, 0) is 49.0 Å². The molecule has 0 aliphatic carbocycles. The highest BCUT2D eigenvalue weighted by atomic mass is 32.1. The maximum absolute atomic E-state index is 12.2. The van der Waals surface area contributed by atoms with Gasteiger partial charge in [-0.25, -0.2) is 0 Å². The van der Waals surface area contributed by atoms with Crippen LogP contribution in [0.15, 0.2) is 18.2 Å². The van der Waals surface area contributed by atoms with E-state index in [1.165, 1.54) is 7.11 Å². The molecule has 0 saturated carbocycles. The first-order chi connectivity index (χ1) is 12.4. The number of nitrogens with one attached hydrogen (secondary N) is 2. The molecule has 1 aromatic carbocycles. The van der Waals surface area contributed by atoms with Gasteiger partial charge in [-0.2, -0.15) is 0 Å². The fourth-order valence-electron chi connectivity index (χ4n) is 2.01. The predicted molar refractivity (Wildman–Crippen MR) is 97.5 cm³/mol. The molecule has 140 valence electrons. The Morgan fingerprint density at radius 2 is 1.92 bits per heavy atom. The number of carbonyl (C=O) groups excluding carboxylic acids is 2. The van der Waals surface area contributed by atoms with Crippen molar-refractivity contribution in [1.82, 2.24) is 20.4 Å². The molecule has 1 aromatic heterocycles. The average Bonchev–Trinajstić information content (AvgIpc) is 3.05. The Hall–Kier alpha value is -2.68. The zero-order valence-corrected chi connectivity index (χ0v) is 16.0. The number of nitrogens with zero attached hydrogens (tertiary/aromatic N) is 2. The van der Waals surface area contributed by atoms with Crippen LogP contribution >= 0.6 is 11.5 Å². The lowest BCUT2D eigenvalue weighted by Crippen LogP contribution is -2.41. The van der Waals surface area contributed by atoms with E-state index in [0.29, 0.717) is 40.2 Å². The van der Waals surface area contributed by atoms with Crippen LogP contribution in [0, 0.1) is 12.8 Å². The molecule has 0 aliphatic rings. The van der Waals surface area contributed by atoms with Crippen LogP contribution in [0.4, 0.5) is 0 Å². The number of carbonyl (C=O) groups is 2. The minimum atomic E-state index is -0.472. The van der Waals surface area contributed by atoms with Crippen LogP contribution < -0.4 is 20.3 Å². The minimum absolute atomic E-state index is 0.331. The zero-order valence-electron chi connectivity index (χ0n) is 15.2. The number of methoxy groups -OCH3 is 1. The highest BCUT2D eigenvalue weighted by Gasteiger charge is 2.15. The highest BCUT2D eigenvalue weighted by Crippen LogP contribution is 2.28. The van der Waals surface area contributed by atoms with Crippen molar-refractivity contribution < 1.29 is 19.1 Å². The maximum Gasteiger partial charge on any atom is 0.283 e. The maximum atomic E-state index is 12.2. The normalized spacial score (nSPS) is 10.5. The number of hydrogen-bond donors (Lipinski definition) is 2. The van der Waals surface area contributed by atoms with Gasteiger partial charge < -0.3 is 9.47 Å². The summed E-state index contributed by atoms with van der Waals surface area (Å²) in [5.41, 5.74) is 5.54. The molecule has 0 spiro atoms. The first-order valence-electron chi connectivity index (χ1n) is 8.12. The molecule has 0 unspecified atom stereocenters. The van der Waals surface area contributed by atoms with Gasteiger partial charge in [0.1, 0.15) is 4.88 Å². The van der Waals surface area contributed by atoms with Crippen molar-refractivity contribution in [2.75, 3.05) is 13.7 Å². The summed E-state index contributed by atoms with van der Waals surface area (Å²) in [6.45, 7) is 6.47. The Morgan fingerprint density at radius 3 is 2.54 bits per heavy atom. The van der Waals surface area contributed by atoms with Crippen molar-refractivity contribution in [1.29, 1.82) is 0 Å². The second kappa shape index (κ2) is 9.14. The van der Waals surface area contributed by atoms with Crippen LogP contribution in [0.5, 0.6) is 11.5 Å². The molecule has 0 bridgehead atoms. The van der Waals surface area contributed by atoms with Gasteiger partial charge in [0.25, 0.3) is 11.8 Å². The van der Waals surface area contributed by atoms with E-state index in [4.69, 9.17) is 9.47 Å². The number of benzene rings is 1. The Kier molecular flexibility index (Phi) is 6.90. The summed E-state index contributed by atoms with van der Waals surface area (Å²) in [5.74, 6) is 0.620. The lowest BCUT2D eigenvalue weighted by molar-refractivity contribution is 0.0848. The Bertz CT molecular complexity index is 776. The SMILES string of the molecule is COc1cc(C(=O)NNC(=O)c2snnc2C)ccc1OCCC(C)C. The molecular weight excluding hydrogens is 356 g/mol. The first kappa shape index (κ1) is 19.6. The number of aryl methyl sites for hydroxylation is 1. The molecule has 0 aliphatic heterocycles. The largest absolute Gasteiger partial charge is 0.493 e. The molecule has 8 nitrogen and oxygen atoms in total. The van der Waals surface area contributed by atoms with Gasteiger partial charge in [0, 0.05) is 5.56 Å². The van der Waals surface area contributed by atoms with Crippen LogP contribution in [0.1, 0.15) is 46.0 Å². The van der Waals surface area contributed by atoms with E-state index < -0.39 is 11.8 Å². The summed E-state index contributed by atoms with van der Waals surface area (Å²) in [7, 11) is 1.51. The molecule has 0 fully saturated rings. The van der Waals surface area contributed by atoms with E-state index in [1.807, 2.05) is 0 Å². The molecule has 26 heavy (non-hydrogen) atoms. The quantitative estimate of drug-likeness (QED) is 0.717. The van der Waals surface area contributed by atoms with Gasteiger partial charge in [-0.3, -0.25) is 20.4 Å². The van der Waals surface area contributed by atoms with E-state index in [1.54, 1.807) is 25.1 Å². The van der Waals surface area contributed by atoms with E-state index in [9.17, 15) is 9.59 Å². The smallest absolute Gasteiger partial charge is 0.283 e. The number of rotatable bonds is 7. The van der Waals surface area contributed by atoms with Gasteiger partial charge >= 0.3 is 0 Å². The van der Waals surface area contributed by atoms with Gasteiger partial charge in [-0.1, -0.05) is 18.3 Å². The van der Waals surface area contributed by atoms with Crippen molar-refractivity contribution in [2.45, 2.75) is 27.2 Å². The fraction of sp³-hybridized carbons (Fsp3) is 0.412. The summed E-state index contributed by atoms with van der Waals surface area (Å²) < 4.78 is 14.7. The van der Waals surface area contributed by atoms with Crippen molar-refractivity contribution in [2.24, 2.45) is 5.92 Å². The molecule has 2 aromatic rings. The first-order valence-corrected chi connectivity index (χ1v) is 8.90. The van der Waals surface area contributed by atoms with Crippen molar-refractivity contribution >= 4 is 23.3 Å². The molecule has 0 radical (unpaired) electrons. The Morgan fingerprint density at radius 1 is 1.19 bits per heavy atom. The molecule has 2 N–H and O–H groups in total. The third-order valence-electron chi connectivity index (χ3n) is 3.53. The van der Waals surface area contributed by atoms with E-state index in [-0.39, 0.29) is 0 Å². The van der Waals surface area contributed by atoms with Crippen molar-refractivity contribution in [3.63, 3.8) is 0 Å². The molecule has 9 heteroatoms. The van der Waals surface area contributed by atoms with Gasteiger partial charge in [0.15, 0.2) is 11.5 Å². The lowest BCUT2D eigenvalue weighted by atomic mass is 10.1. The van der Waals surface area contributed by atoms with Crippen LogP contribution in [-0.2, 0) is 0 Å². The number of amides is 2. The summed E-state index contributed by atoms with van der Waals surface area (Å²) in [6, 6.07) is 4.84. The summed E-state index contributed by atoms with van der Waals surface area (Å²) in [6.07, 6.45) is 0.920. The van der Waals surface area contributed by atoms with Gasteiger partial charge in [-0.15, -0.1) is 5.10 Å². The highest BCUT2D eigenvalue weighted by molar-refractivity contribution is 7.07. The van der Waals surface area contributed by atoms with Crippen molar-refractivity contribution in [3.8, 4) is 11.5 Å². The van der Waals surface area contributed by atoms with E-state index in [2.05, 4.69) is 34.3 Å². The third kappa shape index (κ3) is 5.16. The van der Waals surface area contributed by atoms with Gasteiger partial charge in [0.05, 0.1) is 19.4 Å². The van der Waals surface area contributed by atoms with Crippen LogP contribution in [0.2, 0.25) is 0 Å². The lowest BCUT2D eigenvalue weighted by Gasteiger charge is -2.13. The topological polar surface area (TPSA) is 102 Å². The summed E-state index contributed by atoms with van der Waals surface area (Å²) >= 11 is 0.962. The van der Waals surface area contributed by atoms with Crippen LogP contribution in [0.3, 0.4) is 0 Å². The van der Waals surface area contributed by atoms with Crippen LogP contribution in [-0.4, -0.2) is 35.1 Å². The average molecular weight is 378 g/mol. The standard InChI is InChI=1S/C17H22N4O4S/c1-10(2)7-8-25-13-6-5-12(9-14(13)24-4)16(22)19-20-17(23)15-11(3)18-21-26-15/h5-6,9-10H,7-8H2,1-4H3,(H,19,22)(H,20,23). The molecule has 2 rings (SSSR count). The molecule has 2 amide bonds. The Balaban J connectivity index is 1.98. The zero-order chi connectivity index (χ0) is 19.1. The second-order valence-electron chi connectivity index (χ2n) is 5.99. The predicted octanol–water partition coefficient (Wildman–Crippen LogP) is 2.35. The second-order valence-corrected chi connectivity index (χ2v) is 6.75. The van der Waals surface area contributed by atoms with E-state index in [0.717, 1.165) is 18.0 Å². The number of ether oxygens (including phenoxy) is 2. The monoisotopic (exact) mass is 378 g/mol. The molecule has 0 saturated heterocycles. The molecule has 1 heterocycles. The molecular formula is C17H22N4O4S. The molecule has 0 atom stereocenters. The number of aromatic nitrogens is 2. The fourth-order valence-corrected chi connectivity index (χ4v) is 2.57. The van der Waals surface area contributed by atoms with Crippen molar-refractivity contribution in [3.05, 3.63) is 34.3 Å². The number of hydrogen-bond acceptors (Lipinski definition) is 7.